The van der Waals surface area contributed by atoms with Gasteiger partial charge in [-0.25, -0.2) is 14.2 Å². The summed E-state index contributed by atoms with van der Waals surface area (Å²) in [5.41, 5.74) is -0.481. The van der Waals surface area contributed by atoms with Crippen molar-refractivity contribution in [1.29, 1.82) is 5.26 Å². The Labute approximate surface area is 213 Å². The van der Waals surface area contributed by atoms with Crippen LogP contribution in [0.5, 0.6) is 5.88 Å². The molecule has 0 saturated carbocycles. The first-order valence-electron chi connectivity index (χ1n) is 11.7. The van der Waals surface area contributed by atoms with Gasteiger partial charge in [0.15, 0.2) is 0 Å². The van der Waals surface area contributed by atoms with Crippen LogP contribution in [0.25, 0.3) is 5.69 Å². The lowest BCUT2D eigenvalue weighted by atomic mass is 9.90. The number of hydrogen-bond acceptors (Lipinski definition) is 7. The van der Waals surface area contributed by atoms with E-state index >= 15 is 0 Å². The van der Waals surface area contributed by atoms with Crippen LogP contribution >= 0.6 is 0 Å². The number of nitrogens with zero attached hydrogens (tertiary/aromatic N) is 8. The third-order valence-electron chi connectivity index (χ3n) is 5.80. The Balaban J connectivity index is 1.93. The first-order chi connectivity index (χ1) is 17.6. The number of hydrogen-bond donors (Lipinski definition) is 1. The van der Waals surface area contributed by atoms with Crippen LogP contribution in [-0.4, -0.2) is 49.3 Å². The summed E-state index contributed by atoms with van der Waals surface area (Å²) >= 11 is 0. The number of allylic oxidation sites excluding steroid dienone is 4. The van der Waals surface area contributed by atoms with Crippen LogP contribution in [0.3, 0.4) is 0 Å². The highest BCUT2D eigenvalue weighted by atomic mass is 16.3. The normalized spacial score (nSPS) is 15.3. The number of nitriles is 1. The van der Waals surface area contributed by atoms with Crippen LogP contribution in [-0.2, 0) is 5.41 Å². The summed E-state index contributed by atoms with van der Waals surface area (Å²) in [6.45, 7) is 5.58. The quantitative estimate of drug-likeness (QED) is 0.518. The summed E-state index contributed by atoms with van der Waals surface area (Å²) in [7, 11) is 3.09. The molecule has 0 radical (unpaired) electrons. The summed E-state index contributed by atoms with van der Waals surface area (Å²) in [4.78, 5) is 27.7. The van der Waals surface area contributed by atoms with Crippen molar-refractivity contribution in [2.75, 3.05) is 14.1 Å². The van der Waals surface area contributed by atoms with E-state index in [2.05, 4.69) is 21.4 Å². The van der Waals surface area contributed by atoms with Crippen molar-refractivity contribution < 1.29 is 9.90 Å². The topological polar surface area (TPSA) is 134 Å². The molecule has 2 heterocycles. The van der Waals surface area contributed by atoms with E-state index < -0.39 is 22.9 Å². The van der Waals surface area contributed by atoms with Crippen molar-refractivity contribution in [3.05, 3.63) is 76.2 Å². The minimum Gasteiger partial charge on any atom is -0.492 e. The predicted molar refractivity (Wildman–Crippen MR) is 138 cm³/mol. The zero-order chi connectivity index (χ0) is 26.9. The minimum atomic E-state index is -0.574. The van der Waals surface area contributed by atoms with Gasteiger partial charge in [-0.15, -0.1) is 10.2 Å². The zero-order valence-corrected chi connectivity index (χ0v) is 21.3. The lowest BCUT2D eigenvalue weighted by Crippen LogP contribution is -2.28. The number of aromatic hydroxyl groups is 1. The fraction of sp³-hybridized carbons (Fsp3) is 0.308. The highest BCUT2D eigenvalue weighted by Crippen LogP contribution is 2.35. The molecule has 0 fully saturated rings. The highest BCUT2D eigenvalue weighted by molar-refractivity contribution is 5.80. The Morgan fingerprint density at radius 1 is 1.19 bits per heavy atom. The lowest BCUT2D eigenvalue weighted by molar-refractivity contribution is 0.216. The van der Waals surface area contributed by atoms with E-state index in [-0.39, 0.29) is 23.1 Å². The molecule has 0 saturated heterocycles. The van der Waals surface area contributed by atoms with Gasteiger partial charge in [-0.1, -0.05) is 63.3 Å². The summed E-state index contributed by atoms with van der Waals surface area (Å²) in [5.74, 6) is -0.535. The maximum atomic E-state index is 13.6. The van der Waals surface area contributed by atoms with Crippen LogP contribution in [0.2, 0.25) is 0 Å². The molecule has 3 aromatic rings. The fourth-order valence-corrected chi connectivity index (χ4v) is 4.00. The Morgan fingerprint density at radius 2 is 1.89 bits per heavy atom. The minimum absolute atomic E-state index is 0.0640. The van der Waals surface area contributed by atoms with Gasteiger partial charge < -0.3 is 10.0 Å². The summed E-state index contributed by atoms with van der Waals surface area (Å²) in [6.07, 6.45) is 8.05. The number of carbonyl (C=O) groups excluding carboxylic acids is 1. The standard InChI is InChI=1S/C26H28N8O3/c1-26(2,3)21-19(16-27)22(32(30-21)25(37)31(4)5)29-28-20-23(35)33(17-12-8-6-9-13-17)34(24(20)36)18-14-10-7-11-15-18/h6-14,18,35H,15H2,1-5H3/b29-28-. The van der Waals surface area contributed by atoms with Gasteiger partial charge >= 0.3 is 6.03 Å². The number of amides is 1. The molecule has 1 unspecified atom stereocenters. The van der Waals surface area contributed by atoms with Crippen molar-refractivity contribution in [3.8, 4) is 17.6 Å². The molecule has 1 atom stereocenters. The Kier molecular flexibility index (Phi) is 6.68. The number of rotatable bonds is 4. The van der Waals surface area contributed by atoms with Crippen LogP contribution < -0.4 is 5.56 Å². The zero-order valence-electron chi connectivity index (χ0n) is 21.3. The molecule has 4 rings (SSSR count). The van der Waals surface area contributed by atoms with E-state index in [0.29, 0.717) is 17.8 Å². The molecule has 11 heteroatoms. The molecular weight excluding hydrogens is 472 g/mol. The van der Waals surface area contributed by atoms with Crippen molar-refractivity contribution in [2.45, 2.75) is 38.6 Å². The van der Waals surface area contributed by atoms with E-state index in [1.807, 2.05) is 51.1 Å². The van der Waals surface area contributed by atoms with Crippen LogP contribution in [0.1, 0.15) is 44.5 Å². The largest absolute Gasteiger partial charge is 0.492 e. The average Bonchev–Trinajstić information content (AvgIpc) is 3.37. The van der Waals surface area contributed by atoms with Gasteiger partial charge in [0.05, 0.1) is 17.4 Å². The number of carbonyl (C=O) groups is 1. The van der Waals surface area contributed by atoms with Gasteiger partial charge in [0.25, 0.3) is 5.56 Å². The number of azo groups is 1. The molecule has 37 heavy (non-hydrogen) atoms. The second-order valence-electron chi connectivity index (χ2n) is 9.78. The molecule has 0 bridgehead atoms. The molecule has 1 aliphatic carbocycles. The number of benzene rings is 1. The first-order valence-corrected chi connectivity index (χ1v) is 11.7. The summed E-state index contributed by atoms with van der Waals surface area (Å²) in [5, 5.41) is 33.6. The summed E-state index contributed by atoms with van der Waals surface area (Å²) < 4.78 is 3.78. The van der Waals surface area contributed by atoms with Crippen LogP contribution in [0, 0.1) is 11.3 Å². The molecule has 11 nitrogen and oxygen atoms in total. The Hall–Kier alpha value is -4.72. The molecule has 190 valence electrons. The van der Waals surface area contributed by atoms with Crippen molar-refractivity contribution >= 4 is 17.5 Å². The fourth-order valence-electron chi connectivity index (χ4n) is 4.00. The van der Waals surface area contributed by atoms with Gasteiger partial charge in [0, 0.05) is 19.5 Å². The van der Waals surface area contributed by atoms with Gasteiger partial charge in [0.1, 0.15) is 11.6 Å². The molecule has 1 amide bonds. The van der Waals surface area contributed by atoms with E-state index in [1.54, 1.807) is 38.4 Å². The van der Waals surface area contributed by atoms with Gasteiger partial charge in [0.2, 0.25) is 17.4 Å². The Morgan fingerprint density at radius 3 is 2.46 bits per heavy atom. The monoisotopic (exact) mass is 500 g/mol. The first kappa shape index (κ1) is 25.4. The van der Waals surface area contributed by atoms with Crippen molar-refractivity contribution in [2.24, 2.45) is 10.2 Å². The molecule has 2 aromatic heterocycles. The molecule has 0 spiro atoms. The molecule has 1 aromatic carbocycles. The van der Waals surface area contributed by atoms with Gasteiger partial charge in [-0.3, -0.25) is 4.79 Å². The van der Waals surface area contributed by atoms with Crippen LogP contribution in [0.4, 0.5) is 16.3 Å². The number of para-hydroxylation sites is 1. The smallest absolute Gasteiger partial charge is 0.346 e. The van der Waals surface area contributed by atoms with E-state index in [0.717, 1.165) is 4.68 Å². The number of aromatic nitrogens is 4. The average molecular weight is 501 g/mol. The highest BCUT2D eigenvalue weighted by Gasteiger charge is 2.31. The predicted octanol–water partition coefficient (Wildman–Crippen LogP) is 4.71. The third-order valence-corrected chi connectivity index (χ3v) is 5.80. The van der Waals surface area contributed by atoms with Gasteiger partial charge in [-0.2, -0.15) is 15.0 Å². The van der Waals surface area contributed by atoms with E-state index in [1.165, 1.54) is 14.3 Å². The third kappa shape index (κ3) is 4.61. The second-order valence-corrected chi connectivity index (χ2v) is 9.78. The maximum Gasteiger partial charge on any atom is 0.346 e. The van der Waals surface area contributed by atoms with Gasteiger partial charge in [-0.05, 0) is 18.6 Å². The van der Waals surface area contributed by atoms with E-state index in [4.69, 9.17) is 0 Å². The van der Waals surface area contributed by atoms with Crippen molar-refractivity contribution in [3.63, 3.8) is 0 Å². The maximum absolute atomic E-state index is 13.6. The summed E-state index contributed by atoms with van der Waals surface area (Å²) in [6, 6.07) is 10.1. The molecule has 0 aliphatic heterocycles. The molecule has 1 N–H and O–H groups in total. The SMILES string of the molecule is CN(C)C(=O)n1nc(C(C)(C)C)c(C#N)c1/N=N\c1c(O)n(-c2ccccc2)n(C2C=CC=CC2)c1=O. The second kappa shape index (κ2) is 9.73. The lowest BCUT2D eigenvalue weighted by Gasteiger charge is -2.19. The van der Waals surface area contributed by atoms with Crippen LogP contribution in [0.15, 0.2) is 69.7 Å². The van der Waals surface area contributed by atoms with E-state index in [9.17, 15) is 20.0 Å². The molecular formula is C26H28N8O3. The van der Waals surface area contributed by atoms with Crippen molar-refractivity contribution in [1.82, 2.24) is 24.0 Å². The Bertz CT molecular complexity index is 1520. The molecule has 1 aliphatic rings.